The number of benzene rings is 2. The molecule has 23 heavy (non-hydrogen) atoms. The van der Waals surface area contributed by atoms with Crippen molar-refractivity contribution in [3.8, 4) is 17.3 Å². The zero-order chi connectivity index (χ0) is 16.0. The van der Waals surface area contributed by atoms with Crippen LogP contribution >= 0.6 is 0 Å². The molecule has 0 aliphatic heterocycles. The lowest BCUT2D eigenvalue weighted by Gasteiger charge is -2.07. The smallest absolute Gasteiger partial charge is 0.213 e. The molecule has 0 saturated heterocycles. The first kappa shape index (κ1) is 13.5. The quantitative estimate of drug-likeness (QED) is 0.493. The van der Waals surface area contributed by atoms with Crippen molar-refractivity contribution in [2.75, 3.05) is 0 Å². The van der Waals surface area contributed by atoms with Gasteiger partial charge in [-0.15, -0.1) is 0 Å². The number of hydrogen-bond donors (Lipinski definition) is 0. The lowest BCUT2D eigenvalue weighted by molar-refractivity contribution is -0.660. The molecule has 2 aromatic carbocycles. The second kappa shape index (κ2) is 4.96. The maximum Gasteiger partial charge on any atom is 0.213 e. The summed E-state index contributed by atoms with van der Waals surface area (Å²) in [6.45, 7) is 2.02. The van der Waals surface area contributed by atoms with Gasteiger partial charge in [-0.2, -0.15) is 5.26 Å². The number of para-hydroxylation sites is 1. The van der Waals surface area contributed by atoms with Gasteiger partial charge in [0.15, 0.2) is 6.20 Å². The molecule has 3 nitrogen and oxygen atoms in total. The predicted octanol–water partition coefficient (Wildman–Crippen LogP) is 4.26. The fraction of sp³-hybridized carbons (Fsp3) is 0.100. The highest BCUT2D eigenvalue weighted by Crippen LogP contribution is 2.37. The van der Waals surface area contributed by atoms with Gasteiger partial charge in [-0.05, 0) is 30.7 Å². The Morgan fingerprint density at radius 2 is 1.83 bits per heavy atom. The van der Waals surface area contributed by atoms with Crippen LogP contribution in [0.4, 0.5) is 0 Å². The highest BCUT2D eigenvalue weighted by Gasteiger charge is 2.22. The molecule has 0 atom stereocenters. The molecular formula is C20H15N2O+. The fourth-order valence-corrected chi connectivity index (χ4v) is 3.24. The summed E-state index contributed by atoms with van der Waals surface area (Å²) in [5, 5.41) is 11.8. The van der Waals surface area contributed by atoms with Crippen molar-refractivity contribution in [2.24, 2.45) is 7.05 Å². The van der Waals surface area contributed by atoms with Gasteiger partial charge in [0, 0.05) is 22.9 Å². The number of aryl methyl sites for hydroxylation is 2. The Hall–Kier alpha value is -3.12. The lowest BCUT2D eigenvalue weighted by Crippen LogP contribution is -2.30. The topological polar surface area (TPSA) is 40.8 Å². The summed E-state index contributed by atoms with van der Waals surface area (Å²) >= 11 is 0. The molecule has 0 bridgehead atoms. The summed E-state index contributed by atoms with van der Waals surface area (Å²) in [7, 11) is 1.99. The van der Waals surface area contributed by atoms with E-state index >= 15 is 0 Å². The highest BCUT2D eigenvalue weighted by molar-refractivity contribution is 6.10. The van der Waals surface area contributed by atoms with Crippen LogP contribution in [0.1, 0.15) is 11.1 Å². The third-order valence-corrected chi connectivity index (χ3v) is 4.29. The first-order chi connectivity index (χ1) is 11.2. The minimum atomic E-state index is 0.673. The number of rotatable bonds is 1. The highest BCUT2D eigenvalue weighted by atomic mass is 16.3. The zero-order valence-corrected chi connectivity index (χ0v) is 13.0. The summed E-state index contributed by atoms with van der Waals surface area (Å²) in [5.41, 5.74) is 5.28. The third-order valence-electron chi connectivity index (χ3n) is 4.29. The largest absolute Gasteiger partial charge is 0.456 e. The second-order valence-corrected chi connectivity index (χ2v) is 5.72. The number of fused-ring (bicyclic) bond motifs is 3. The minimum absolute atomic E-state index is 0.673. The van der Waals surface area contributed by atoms with Crippen LogP contribution in [0.5, 0.6) is 0 Å². The van der Waals surface area contributed by atoms with Crippen molar-refractivity contribution in [2.45, 2.75) is 6.92 Å². The van der Waals surface area contributed by atoms with Crippen LogP contribution in [0.15, 0.2) is 59.1 Å². The molecule has 0 saturated carbocycles. The fourth-order valence-electron chi connectivity index (χ4n) is 3.24. The van der Waals surface area contributed by atoms with Crippen molar-refractivity contribution >= 4 is 21.9 Å². The molecule has 110 valence electrons. The number of nitrogens with zero attached hydrogens (tertiary/aromatic N) is 2. The Morgan fingerprint density at radius 3 is 2.61 bits per heavy atom. The van der Waals surface area contributed by atoms with Crippen LogP contribution in [0.3, 0.4) is 0 Å². The van der Waals surface area contributed by atoms with Gasteiger partial charge < -0.3 is 4.42 Å². The lowest BCUT2D eigenvalue weighted by atomic mass is 9.94. The molecule has 0 aliphatic carbocycles. The van der Waals surface area contributed by atoms with Crippen molar-refractivity contribution in [1.82, 2.24) is 0 Å². The standard InChI is InChI=1S/C20H15N2O/c1-13-11-18-20(14-7-3-4-9-17(14)23-18)15(12-21)19(13)16-8-5-6-10-22(16)2/h3-11H,1-2H3/q+1. The molecule has 4 aromatic rings. The minimum Gasteiger partial charge on any atom is -0.456 e. The Morgan fingerprint density at radius 1 is 1.04 bits per heavy atom. The Kier molecular flexibility index (Phi) is 2.92. The Labute approximate surface area is 134 Å². The Bertz CT molecular complexity index is 1100. The molecule has 2 aromatic heterocycles. The molecule has 0 spiro atoms. The van der Waals surface area contributed by atoms with Gasteiger partial charge in [0.05, 0.1) is 11.1 Å². The number of aromatic nitrogens is 1. The number of hydrogen-bond acceptors (Lipinski definition) is 2. The van der Waals surface area contributed by atoms with Gasteiger partial charge in [0.25, 0.3) is 0 Å². The maximum absolute atomic E-state index is 9.87. The maximum atomic E-state index is 9.87. The summed E-state index contributed by atoms with van der Waals surface area (Å²) < 4.78 is 7.98. The van der Waals surface area contributed by atoms with E-state index in [4.69, 9.17) is 4.42 Å². The summed E-state index contributed by atoms with van der Waals surface area (Å²) in [5.74, 6) is 0. The normalized spacial score (nSPS) is 11.0. The van der Waals surface area contributed by atoms with E-state index in [1.54, 1.807) is 0 Å². The average molecular weight is 299 g/mol. The van der Waals surface area contributed by atoms with E-state index in [-0.39, 0.29) is 0 Å². The molecule has 0 radical (unpaired) electrons. The first-order valence-electron chi connectivity index (χ1n) is 7.50. The van der Waals surface area contributed by atoms with Gasteiger partial charge in [-0.25, -0.2) is 4.57 Å². The van der Waals surface area contributed by atoms with Crippen molar-refractivity contribution < 1.29 is 8.98 Å². The zero-order valence-electron chi connectivity index (χ0n) is 13.0. The molecule has 0 unspecified atom stereocenters. The molecule has 0 amide bonds. The van der Waals surface area contributed by atoms with E-state index in [0.717, 1.165) is 38.8 Å². The summed E-state index contributed by atoms with van der Waals surface area (Å²) in [6, 6.07) is 18.3. The molecule has 0 N–H and O–H groups in total. The van der Waals surface area contributed by atoms with Gasteiger partial charge in [0.2, 0.25) is 5.69 Å². The van der Waals surface area contributed by atoms with Crippen LogP contribution in [-0.2, 0) is 7.05 Å². The van der Waals surface area contributed by atoms with E-state index in [0.29, 0.717) is 5.56 Å². The molecule has 0 aliphatic rings. The molecule has 2 heterocycles. The van der Waals surface area contributed by atoms with Crippen LogP contribution in [0, 0.1) is 18.3 Å². The van der Waals surface area contributed by atoms with Crippen LogP contribution in [0.2, 0.25) is 0 Å². The molecule has 4 rings (SSSR count). The van der Waals surface area contributed by atoms with Gasteiger partial charge in [-0.1, -0.05) is 18.2 Å². The third kappa shape index (κ3) is 1.92. The van der Waals surface area contributed by atoms with Crippen LogP contribution < -0.4 is 4.57 Å². The first-order valence-corrected chi connectivity index (χ1v) is 7.50. The molecular weight excluding hydrogens is 284 g/mol. The monoisotopic (exact) mass is 299 g/mol. The van der Waals surface area contributed by atoms with E-state index in [9.17, 15) is 5.26 Å². The Balaban J connectivity index is 2.22. The van der Waals surface area contributed by atoms with Crippen molar-refractivity contribution in [1.29, 1.82) is 5.26 Å². The van der Waals surface area contributed by atoms with Crippen molar-refractivity contribution in [3.05, 3.63) is 65.9 Å². The summed E-state index contributed by atoms with van der Waals surface area (Å²) in [6.07, 6.45) is 1.99. The van der Waals surface area contributed by atoms with Crippen LogP contribution in [0.25, 0.3) is 33.2 Å². The van der Waals surface area contributed by atoms with Crippen molar-refractivity contribution in [3.63, 3.8) is 0 Å². The van der Waals surface area contributed by atoms with Gasteiger partial charge in [-0.3, -0.25) is 0 Å². The average Bonchev–Trinajstić information content (AvgIpc) is 2.92. The molecule has 0 fully saturated rings. The number of furan rings is 1. The SMILES string of the molecule is Cc1cc2oc3ccccc3c2c(C#N)c1-c1cccc[n+]1C. The van der Waals surface area contributed by atoms with E-state index in [1.807, 2.05) is 73.3 Å². The number of pyridine rings is 1. The van der Waals surface area contributed by atoms with E-state index in [1.165, 1.54) is 0 Å². The van der Waals surface area contributed by atoms with Gasteiger partial charge >= 0.3 is 0 Å². The predicted molar refractivity (Wildman–Crippen MR) is 89.8 cm³/mol. The molecule has 3 heteroatoms. The van der Waals surface area contributed by atoms with E-state index in [2.05, 4.69) is 6.07 Å². The summed E-state index contributed by atoms with van der Waals surface area (Å²) in [4.78, 5) is 0. The van der Waals surface area contributed by atoms with Crippen LogP contribution in [-0.4, -0.2) is 0 Å². The van der Waals surface area contributed by atoms with Gasteiger partial charge in [0.1, 0.15) is 24.3 Å². The second-order valence-electron chi connectivity index (χ2n) is 5.72. The van der Waals surface area contributed by atoms with E-state index < -0.39 is 0 Å². The number of nitriles is 1.